The first-order valence-corrected chi connectivity index (χ1v) is 10.3. The third-order valence-corrected chi connectivity index (χ3v) is 5.75. The van der Waals surface area contributed by atoms with Crippen molar-refractivity contribution >= 4 is 50.9 Å². The molecule has 4 rings (SSSR count). The zero-order valence-electron chi connectivity index (χ0n) is 16.6. The van der Waals surface area contributed by atoms with Crippen molar-refractivity contribution in [3.8, 4) is 0 Å². The molecule has 0 atom stereocenters. The lowest BCUT2D eigenvalue weighted by Gasteiger charge is -2.10. The molecule has 1 aromatic heterocycles. The number of thiazole rings is 1. The molecule has 0 spiro atoms. The molecule has 0 saturated heterocycles. The van der Waals surface area contributed by atoms with Gasteiger partial charge in [0.25, 0.3) is 17.7 Å². The number of rotatable bonds is 5. The Kier molecular flexibility index (Phi) is 5.35. The van der Waals surface area contributed by atoms with Gasteiger partial charge >= 0.3 is 0 Å². The smallest absolute Gasteiger partial charge is 0.268 e. The van der Waals surface area contributed by atoms with Crippen molar-refractivity contribution in [2.45, 2.75) is 13.5 Å². The number of nitrogens with one attached hydrogen (secondary N) is 1. The van der Waals surface area contributed by atoms with E-state index >= 15 is 0 Å². The van der Waals surface area contributed by atoms with E-state index in [0.29, 0.717) is 17.0 Å². The minimum Gasteiger partial charge on any atom is -0.326 e. The van der Waals surface area contributed by atoms with Crippen molar-refractivity contribution in [3.63, 3.8) is 0 Å². The first kappa shape index (κ1) is 20.4. The number of hydrogen-bond donors (Lipinski definition) is 1. The second-order valence-corrected chi connectivity index (χ2v) is 7.90. The zero-order valence-corrected chi connectivity index (χ0v) is 17.4. The van der Waals surface area contributed by atoms with Gasteiger partial charge in [-0.05, 0) is 30.3 Å². The quantitative estimate of drug-likeness (QED) is 0.493. The van der Waals surface area contributed by atoms with Gasteiger partial charge in [0.1, 0.15) is 6.54 Å². The zero-order chi connectivity index (χ0) is 22.1. The fourth-order valence-electron chi connectivity index (χ4n) is 3.41. The minimum absolute atomic E-state index is 0.184. The standard InChI is InChI=1S/C22H18N4O4S/c1-3-10-25-17-9-8-14(23-13(2)27)11-18(17)31-22(25)24-19(28)12-26-20(29)15-6-4-5-7-16(15)21(26)30/h3-9,11H,1,10,12H2,2H3,(H,23,27). The maximum atomic E-state index is 12.7. The van der Waals surface area contributed by atoms with Gasteiger partial charge < -0.3 is 9.88 Å². The molecule has 31 heavy (non-hydrogen) atoms. The molecule has 0 bridgehead atoms. The second-order valence-electron chi connectivity index (χ2n) is 6.90. The van der Waals surface area contributed by atoms with E-state index in [9.17, 15) is 19.2 Å². The van der Waals surface area contributed by atoms with Gasteiger partial charge in [-0.15, -0.1) is 6.58 Å². The van der Waals surface area contributed by atoms with E-state index in [2.05, 4.69) is 16.9 Å². The monoisotopic (exact) mass is 434 g/mol. The first-order chi connectivity index (χ1) is 14.9. The van der Waals surface area contributed by atoms with Crippen molar-refractivity contribution in [2.75, 3.05) is 11.9 Å². The van der Waals surface area contributed by atoms with Crippen LogP contribution in [0.3, 0.4) is 0 Å². The summed E-state index contributed by atoms with van der Waals surface area (Å²) in [5.41, 5.74) is 2.03. The van der Waals surface area contributed by atoms with Gasteiger partial charge in [0.2, 0.25) is 5.91 Å². The maximum Gasteiger partial charge on any atom is 0.268 e. The molecule has 0 fully saturated rings. The number of anilines is 1. The molecule has 0 unspecified atom stereocenters. The summed E-state index contributed by atoms with van der Waals surface area (Å²) in [5.74, 6) is -1.80. The van der Waals surface area contributed by atoms with E-state index in [0.717, 1.165) is 15.1 Å². The molecule has 0 radical (unpaired) electrons. The van der Waals surface area contributed by atoms with Gasteiger partial charge in [0, 0.05) is 19.2 Å². The Hall–Kier alpha value is -3.85. The van der Waals surface area contributed by atoms with E-state index in [1.165, 1.54) is 18.3 Å². The Morgan fingerprint density at radius 3 is 2.42 bits per heavy atom. The summed E-state index contributed by atoms with van der Waals surface area (Å²) in [7, 11) is 0. The highest BCUT2D eigenvalue weighted by molar-refractivity contribution is 7.16. The topological polar surface area (TPSA) is 101 Å². The fourth-order valence-corrected chi connectivity index (χ4v) is 4.50. The van der Waals surface area contributed by atoms with Crippen LogP contribution in [0.4, 0.5) is 5.69 Å². The van der Waals surface area contributed by atoms with Crippen molar-refractivity contribution in [1.29, 1.82) is 0 Å². The van der Waals surface area contributed by atoms with Crippen molar-refractivity contribution < 1.29 is 19.2 Å². The van der Waals surface area contributed by atoms with Gasteiger partial charge in [-0.1, -0.05) is 29.5 Å². The van der Waals surface area contributed by atoms with Crippen LogP contribution in [0.25, 0.3) is 10.2 Å². The maximum absolute atomic E-state index is 12.7. The Balaban J connectivity index is 1.66. The molecule has 1 aliphatic heterocycles. The molecule has 1 aliphatic rings. The van der Waals surface area contributed by atoms with Crippen molar-refractivity contribution in [1.82, 2.24) is 9.47 Å². The third-order valence-electron chi connectivity index (χ3n) is 4.71. The number of allylic oxidation sites excluding steroid dienone is 1. The van der Waals surface area contributed by atoms with Crippen LogP contribution < -0.4 is 10.1 Å². The predicted molar refractivity (Wildman–Crippen MR) is 117 cm³/mol. The van der Waals surface area contributed by atoms with Gasteiger partial charge in [-0.25, -0.2) is 0 Å². The lowest BCUT2D eigenvalue weighted by atomic mass is 10.1. The van der Waals surface area contributed by atoms with E-state index in [1.54, 1.807) is 42.5 Å². The number of fused-ring (bicyclic) bond motifs is 2. The SMILES string of the molecule is C=CCn1c(=NC(=O)CN2C(=O)c3ccccc3C2=O)sc2cc(NC(C)=O)ccc21. The van der Waals surface area contributed by atoms with Gasteiger partial charge in [-0.2, -0.15) is 4.99 Å². The molecule has 2 aromatic carbocycles. The number of hydrogen-bond acceptors (Lipinski definition) is 5. The summed E-state index contributed by atoms with van der Waals surface area (Å²) in [6.45, 7) is 5.15. The van der Waals surface area contributed by atoms with Crippen LogP contribution in [-0.2, 0) is 16.1 Å². The van der Waals surface area contributed by atoms with Crippen molar-refractivity contribution in [3.05, 3.63) is 71.0 Å². The van der Waals surface area contributed by atoms with Crippen LogP contribution in [0.1, 0.15) is 27.6 Å². The molecule has 8 nitrogen and oxygen atoms in total. The van der Waals surface area contributed by atoms with Crippen LogP contribution in [0.5, 0.6) is 0 Å². The van der Waals surface area contributed by atoms with Crippen LogP contribution in [0.15, 0.2) is 60.1 Å². The number of nitrogens with zero attached hydrogens (tertiary/aromatic N) is 3. The highest BCUT2D eigenvalue weighted by Gasteiger charge is 2.36. The fraction of sp³-hybridized carbons (Fsp3) is 0.136. The molecule has 9 heteroatoms. The Labute approximate surface area is 181 Å². The van der Waals surface area contributed by atoms with E-state index < -0.39 is 24.3 Å². The summed E-state index contributed by atoms with van der Waals surface area (Å²) < 4.78 is 2.63. The lowest BCUT2D eigenvalue weighted by Crippen LogP contribution is -2.35. The minimum atomic E-state index is -0.610. The second kappa shape index (κ2) is 8.11. The number of imide groups is 1. The van der Waals surface area contributed by atoms with E-state index in [1.807, 2.05) is 10.6 Å². The first-order valence-electron chi connectivity index (χ1n) is 9.43. The van der Waals surface area contributed by atoms with E-state index in [-0.39, 0.29) is 17.0 Å². The summed E-state index contributed by atoms with van der Waals surface area (Å²) in [4.78, 5) is 54.4. The predicted octanol–water partition coefficient (Wildman–Crippen LogP) is 2.57. The summed E-state index contributed by atoms with van der Waals surface area (Å²) in [6, 6.07) is 11.9. The van der Waals surface area contributed by atoms with Gasteiger partial charge in [0.15, 0.2) is 4.80 Å². The largest absolute Gasteiger partial charge is 0.326 e. The van der Waals surface area contributed by atoms with Gasteiger partial charge in [0.05, 0.1) is 21.3 Å². The highest BCUT2D eigenvalue weighted by atomic mass is 32.1. The molecular weight excluding hydrogens is 416 g/mol. The molecule has 2 heterocycles. The number of carbonyl (C=O) groups excluding carboxylic acids is 4. The molecule has 3 aromatic rings. The highest BCUT2D eigenvalue weighted by Crippen LogP contribution is 2.23. The average Bonchev–Trinajstić information content (AvgIpc) is 3.18. The third kappa shape index (κ3) is 3.82. The van der Waals surface area contributed by atoms with E-state index in [4.69, 9.17) is 0 Å². The van der Waals surface area contributed by atoms with Crippen LogP contribution >= 0.6 is 11.3 Å². The summed E-state index contributed by atoms with van der Waals surface area (Å²) >= 11 is 1.27. The van der Waals surface area contributed by atoms with Crippen molar-refractivity contribution in [2.24, 2.45) is 4.99 Å². The van der Waals surface area contributed by atoms with Gasteiger partial charge in [-0.3, -0.25) is 24.1 Å². The van der Waals surface area contributed by atoms with Crippen LogP contribution in [0, 0.1) is 0 Å². The number of benzene rings is 2. The molecule has 156 valence electrons. The molecule has 1 N–H and O–H groups in total. The molecule has 4 amide bonds. The summed E-state index contributed by atoms with van der Waals surface area (Å²) in [6.07, 6.45) is 1.68. The Morgan fingerprint density at radius 1 is 1.13 bits per heavy atom. The van der Waals surface area contributed by atoms with Crippen LogP contribution in [-0.4, -0.2) is 39.6 Å². The van der Waals surface area contributed by atoms with Crippen LogP contribution in [0.2, 0.25) is 0 Å². The Morgan fingerprint density at radius 2 is 1.81 bits per heavy atom. The molecular formula is C22H18N4O4S. The normalized spacial score (nSPS) is 13.6. The average molecular weight is 434 g/mol. The number of amides is 4. The number of carbonyl (C=O) groups is 4. The molecule has 0 saturated carbocycles. The number of aromatic nitrogens is 1. The summed E-state index contributed by atoms with van der Waals surface area (Å²) in [5, 5.41) is 2.72. The molecule has 0 aliphatic carbocycles. The Bertz CT molecular complexity index is 1300. The lowest BCUT2D eigenvalue weighted by molar-refractivity contribution is -0.118.